The van der Waals surface area contributed by atoms with Crippen molar-refractivity contribution in [2.45, 2.75) is 32.5 Å². The number of aromatic nitrogens is 1. The van der Waals surface area contributed by atoms with Gasteiger partial charge in [0.05, 0.1) is 0 Å². The highest BCUT2D eigenvalue weighted by Crippen LogP contribution is 2.29. The van der Waals surface area contributed by atoms with Crippen LogP contribution in [0, 0.1) is 6.92 Å². The van der Waals surface area contributed by atoms with Crippen molar-refractivity contribution < 1.29 is 14.6 Å². The van der Waals surface area contributed by atoms with Crippen LogP contribution in [0.4, 0.5) is 0 Å². The molecule has 0 radical (unpaired) electrons. The molecule has 0 saturated carbocycles. The number of fused-ring (bicyclic) bond motifs is 2. The lowest BCUT2D eigenvalue weighted by molar-refractivity contribution is -0.139. The Kier molecular flexibility index (Phi) is 6.51. The van der Waals surface area contributed by atoms with E-state index in [9.17, 15) is 9.90 Å². The Balaban J connectivity index is 1.40. The molecule has 0 unspecified atom stereocenters. The van der Waals surface area contributed by atoms with E-state index in [4.69, 9.17) is 4.74 Å². The summed E-state index contributed by atoms with van der Waals surface area (Å²) < 4.78 is 6.28. The van der Waals surface area contributed by atoms with Gasteiger partial charge in [-0.05, 0) is 46.5 Å². The van der Waals surface area contributed by atoms with Gasteiger partial charge < -0.3 is 14.8 Å². The lowest BCUT2D eigenvalue weighted by atomic mass is 10.0. The van der Waals surface area contributed by atoms with Crippen LogP contribution >= 0.6 is 0 Å². The fraction of sp³-hybridized carbons (Fsp3) is 0.167. The highest BCUT2D eigenvalue weighted by Gasteiger charge is 2.21. The maximum atomic E-state index is 12.2. The highest BCUT2D eigenvalue weighted by molar-refractivity contribution is 5.88. The number of carboxylic acid groups (broad SMARTS) is 1. The lowest BCUT2D eigenvalue weighted by Crippen LogP contribution is -2.38. The highest BCUT2D eigenvalue weighted by atomic mass is 16.5. The molecule has 0 saturated heterocycles. The molecule has 0 fully saturated rings. The van der Waals surface area contributed by atoms with Crippen molar-refractivity contribution in [3.63, 3.8) is 0 Å². The summed E-state index contributed by atoms with van der Waals surface area (Å²) in [5.74, 6) is -0.117. The Bertz CT molecular complexity index is 1490. The number of carboxylic acids is 1. The zero-order valence-electron chi connectivity index (χ0n) is 19.6. The quantitative estimate of drug-likeness (QED) is 0.250. The van der Waals surface area contributed by atoms with Gasteiger partial charge in [0.1, 0.15) is 18.4 Å². The Morgan fingerprint density at radius 2 is 1.66 bits per heavy atom. The first-order valence-corrected chi connectivity index (χ1v) is 11.8. The molecule has 0 aliphatic rings. The molecule has 1 heterocycles. The average molecular weight is 465 g/mol. The molecule has 0 aliphatic carbocycles. The predicted molar refractivity (Wildman–Crippen MR) is 140 cm³/mol. The van der Waals surface area contributed by atoms with Crippen LogP contribution in [0.25, 0.3) is 21.7 Å². The van der Waals surface area contributed by atoms with Gasteiger partial charge in [-0.3, -0.25) is 10.1 Å². The fourth-order valence-electron chi connectivity index (χ4n) is 4.55. The molecule has 0 spiro atoms. The molecule has 0 amide bonds. The molecular formula is C30H28N2O3. The van der Waals surface area contributed by atoms with E-state index >= 15 is 0 Å². The number of aryl methyl sites for hydroxylation is 1. The van der Waals surface area contributed by atoms with Crippen LogP contribution in [-0.4, -0.2) is 22.1 Å². The van der Waals surface area contributed by atoms with Gasteiger partial charge in [-0.2, -0.15) is 0 Å². The van der Waals surface area contributed by atoms with Crippen molar-refractivity contribution in [2.75, 3.05) is 0 Å². The summed E-state index contributed by atoms with van der Waals surface area (Å²) in [6, 6.07) is 27.5. The lowest BCUT2D eigenvalue weighted by Gasteiger charge is -2.19. The first kappa shape index (κ1) is 22.7. The third-order valence-corrected chi connectivity index (χ3v) is 6.56. The zero-order valence-corrected chi connectivity index (χ0v) is 19.6. The summed E-state index contributed by atoms with van der Waals surface area (Å²) in [4.78, 5) is 15.4. The van der Waals surface area contributed by atoms with Gasteiger partial charge in [-0.25, -0.2) is 0 Å². The number of nitrogens with one attached hydrogen (secondary N) is 2. The smallest absolute Gasteiger partial charge is 0.321 e. The van der Waals surface area contributed by atoms with E-state index in [1.807, 2.05) is 66.9 Å². The first-order valence-electron chi connectivity index (χ1n) is 11.8. The third kappa shape index (κ3) is 4.91. The van der Waals surface area contributed by atoms with Crippen molar-refractivity contribution in [3.05, 3.63) is 113 Å². The molecule has 4 aromatic carbocycles. The number of benzene rings is 4. The van der Waals surface area contributed by atoms with Gasteiger partial charge in [-0.1, -0.05) is 72.8 Å². The minimum Gasteiger partial charge on any atom is -0.489 e. The molecule has 3 N–H and O–H groups in total. The van der Waals surface area contributed by atoms with Gasteiger partial charge in [0, 0.05) is 35.6 Å². The second kappa shape index (κ2) is 10.0. The molecule has 35 heavy (non-hydrogen) atoms. The Morgan fingerprint density at radius 3 is 2.49 bits per heavy atom. The van der Waals surface area contributed by atoms with E-state index < -0.39 is 12.0 Å². The number of carbonyl (C=O) groups is 1. The van der Waals surface area contributed by atoms with Crippen LogP contribution in [0.1, 0.15) is 22.3 Å². The fourth-order valence-corrected chi connectivity index (χ4v) is 4.55. The molecule has 5 nitrogen and oxygen atoms in total. The largest absolute Gasteiger partial charge is 0.489 e. The van der Waals surface area contributed by atoms with Crippen LogP contribution < -0.4 is 10.1 Å². The minimum absolute atomic E-state index is 0.378. The van der Waals surface area contributed by atoms with E-state index in [0.29, 0.717) is 19.6 Å². The van der Waals surface area contributed by atoms with Gasteiger partial charge in [-0.15, -0.1) is 0 Å². The van der Waals surface area contributed by atoms with Crippen LogP contribution in [0.3, 0.4) is 0 Å². The number of ether oxygens (including phenoxy) is 1. The molecule has 0 bridgehead atoms. The molecule has 176 valence electrons. The second-order valence-electron chi connectivity index (χ2n) is 8.81. The predicted octanol–water partition coefficient (Wildman–Crippen LogP) is 5.99. The van der Waals surface area contributed by atoms with Crippen molar-refractivity contribution in [2.24, 2.45) is 0 Å². The Labute approximate surface area is 204 Å². The van der Waals surface area contributed by atoms with Gasteiger partial charge in [0.15, 0.2) is 0 Å². The Hall–Kier alpha value is -4.09. The zero-order chi connectivity index (χ0) is 24.2. The van der Waals surface area contributed by atoms with Crippen molar-refractivity contribution in [1.29, 1.82) is 0 Å². The van der Waals surface area contributed by atoms with E-state index in [1.165, 1.54) is 5.56 Å². The summed E-state index contributed by atoms with van der Waals surface area (Å²) in [5, 5.41) is 16.5. The van der Waals surface area contributed by atoms with Crippen molar-refractivity contribution in [1.82, 2.24) is 10.3 Å². The number of rotatable bonds is 9. The summed E-state index contributed by atoms with van der Waals surface area (Å²) in [6.07, 6.45) is 2.28. The summed E-state index contributed by atoms with van der Waals surface area (Å²) >= 11 is 0. The molecule has 5 rings (SSSR count). The van der Waals surface area contributed by atoms with E-state index in [1.54, 1.807) is 0 Å². The molecule has 1 aromatic heterocycles. The number of para-hydroxylation sites is 1. The maximum Gasteiger partial charge on any atom is 0.321 e. The molecule has 5 aromatic rings. The number of aromatic amines is 1. The SMILES string of the molecule is Cc1ccccc1COc1ccc2ccccc2c1CN[C@H](Cc1c[nH]c2ccccc12)C(=O)O. The van der Waals surface area contributed by atoms with E-state index in [2.05, 4.69) is 41.5 Å². The number of H-pyrrole nitrogens is 1. The van der Waals surface area contributed by atoms with Crippen LogP contribution in [0.15, 0.2) is 91.1 Å². The molecular weight excluding hydrogens is 436 g/mol. The number of aliphatic carboxylic acids is 1. The van der Waals surface area contributed by atoms with Gasteiger partial charge in [0.2, 0.25) is 0 Å². The summed E-state index contributed by atoms with van der Waals surface area (Å²) in [5.41, 5.74) is 5.25. The molecule has 1 atom stereocenters. The van der Waals surface area contributed by atoms with Gasteiger partial charge >= 0.3 is 5.97 Å². The maximum absolute atomic E-state index is 12.2. The average Bonchev–Trinajstić information content (AvgIpc) is 3.29. The van der Waals surface area contributed by atoms with E-state index in [-0.39, 0.29) is 0 Å². The third-order valence-electron chi connectivity index (χ3n) is 6.56. The topological polar surface area (TPSA) is 74.3 Å². The molecule has 5 heteroatoms. The summed E-state index contributed by atoms with van der Waals surface area (Å²) in [7, 11) is 0. The van der Waals surface area contributed by atoms with Crippen molar-refractivity contribution in [3.8, 4) is 5.75 Å². The number of hydrogen-bond acceptors (Lipinski definition) is 3. The van der Waals surface area contributed by atoms with Crippen molar-refractivity contribution >= 4 is 27.6 Å². The Morgan fingerprint density at radius 1 is 0.914 bits per heavy atom. The van der Waals surface area contributed by atoms with E-state index in [0.717, 1.165) is 44.1 Å². The summed E-state index contributed by atoms with van der Waals surface area (Å²) in [6.45, 7) is 2.91. The second-order valence-corrected chi connectivity index (χ2v) is 8.81. The van der Waals surface area contributed by atoms with Crippen LogP contribution in [0.5, 0.6) is 5.75 Å². The number of hydrogen-bond donors (Lipinski definition) is 3. The van der Waals surface area contributed by atoms with Crippen LogP contribution in [-0.2, 0) is 24.4 Å². The first-order chi connectivity index (χ1) is 17.1. The normalized spacial score (nSPS) is 12.1. The van der Waals surface area contributed by atoms with Crippen LogP contribution in [0.2, 0.25) is 0 Å². The standard InChI is InChI=1S/C30H28N2O3/c1-20-8-2-3-10-22(20)19-35-29-15-14-21-9-4-5-11-24(21)26(29)18-32-28(30(33)34)16-23-17-31-27-13-7-6-12-25(23)27/h2-15,17,28,31-32H,16,18-19H2,1H3,(H,33,34)/t28-/m1/s1. The monoisotopic (exact) mass is 464 g/mol. The van der Waals surface area contributed by atoms with Gasteiger partial charge in [0.25, 0.3) is 0 Å². The molecule has 0 aliphatic heterocycles. The minimum atomic E-state index is -0.877.